The van der Waals surface area contributed by atoms with E-state index in [0.29, 0.717) is 27.1 Å². The van der Waals surface area contributed by atoms with Gasteiger partial charge in [0.2, 0.25) is 5.91 Å². The molecule has 0 aliphatic carbocycles. The quantitative estimate of drug-likeness (QED) is 0.644. The van der Waals surface area contributed by atoms with Gasteiger partial charge in [-0.3, -0.25) is 4.79 Å². The molecule has 0 saturated heterocycles. The molecule has 2 aromatic carbocycles. The molecule has 0 saturated carbocycles. The molecule has 142 valence electrons. The Morgan fingerprint density at radius 1 is 1.30 bits per heavy atom. The Kier molecular flexibility index (Phi) is 6.95. The van der Waals surface area contributed by atoms with Gasteiger partial charge in [0, 0.05) is 6.92 Å². The highest BCUT2D eigenvalue weighted by molar-refractivity contribution is 9.10. The van der Waals surface area contributed by atoms with Crippen molar-refractivity contribution >= 4 is 33.9 Å². The van der Waals surface area contributed by atoms with E-state index in [4.69, 9.17) is 9.47 Å². The molecule has 0 atom stereocenters. The second-order valence-electron chi connectivity index (χ2n) is 5.50. The molecule has 2 aromatic rings. The Morgan fingerprint density at radius 3 is 2.63 bits per heavy atom. The lowest BCUT2D eigenvalue weighted by atomic mass is 10.1. The highest BCUT2D eigenvalue weighted by atomic mass is 79.9. The molecule has 0 aliphatic rings. The number of carboxylic acids is 1. The third-order valence-corrected chi connectivity index (χ3v) is 3.97. The van der Waals surface area contributed by atoms with Gasteiger partial charge in [0.05, 0.1) is 11.6 Å². The minimum absolute atomic E-state index is 0.119. The number of amides is 1. The number of methoxy groups -OCH3 is 1. The van der Waals surface area contributed by atoms with Crippen molar-refractivity contribution in [3.05, 3.63) is 63.5 Å². The summed E-state index contributed by atoms with van der Waals surface area (Å²) in [4.78, 5) is 22.4. The number of hydrogen-bond acceptors (Lipinski definition) is 4. The molecular weight excluding hydrogens is 421 g/mol. The average molecular weight is 438 g/mol. The molecule has 0 unspecified atom stereocenters. The van der Waals surface area contributed by atoms with Crippen LogP contribution in [0.5, 0.6) is 11.5 Å². The van der Waals surface area contributed by atoms with Crippen molar-refractivity contribution in [1.29, 1.82) is 0 Å². The minimum Gasteiger partial charge on any atom is -0.493 e. The molecular formula is C19H17BrFNO5. The highest BCUT2D eigenvalue weighted by Crippen LogP contribution is 2.37. The number of benzene rings is 2. The van der Waals surface area contributed by atoms with Crippen molar-refractivity contribution in [1.82, 2.24) is 5.32 Å². The summed E-state index contributed by atoms with van der Waals surface area (Å²) in [6.45, 7) is 1.34. The van der Waals surface area contributed by atoms with Crippen molar-refractivity contribution in [2.45, 2.75) is 13.5 Å². The third kappa shape index (κ3) is 5.82. The maximum Gasteiger partial charge on any atom is 0.352 e. The summed E-state index contributed by atoms with van der Waals surface area (Å²) >= 11 is 3.36. The van der Waals surface area contributed by atoms with Crippen LogP contribution in [0.1, 0.15) is 18.1 Å². The molecule has 27 heavy (non-hydrogen) atoms. The zero-order valence-electron chi connectivity index (χ0n) is 14.6. The van der Waals surface area contributed by atoms with E-state index in [1.165, 1.54) is 32.2 Å². The van der Waals surface area contributed by atoms with E-state index in [9.17, 15) is 19.1 Å². The monoisotopic (exact) mass is 437 g/mol. The lowest BCUT2D eigenvalue weighted by Crippen LogP contribution is -2.24. The first kappa shape index (κ1) is 20.4. The summed E-state index contributed by atoms with van der Waals surface area (Å²) in [5.41, 5.74) is 0.847. The molecule has 0 bridgehead atoms. The van der Waals surface area contributed by atoms with Crippen LogP contribution in [0.15, 0.2) is 46.6 Å². The van der Waals surface area contributed by atoms with Gasteiger partial charge in [-0.25, -0.2) is 9.18 Å². The summed E-state index contributed by atoms with van der Waals surface area (Å²) in [5.74, 6) is -1.40. The first-order valence-corrected chi connectivity index (χ1v) is 8.56. The van der Waals surface area contributed by atoms with Crippen LogP contribution in [0, 0.1) is 5.82 Å². The van der Waals surface area contributed by atoms with E-state index in [2.05, 4.69) is 21.2 Å². The van der Waals surface area contributed by atoms with Gasteiger partial charge in [-0.1, -0.05) is 12.1 Å². The van der Waals surface area contributed by atoms with E-state index in [1.807, 2.05) is 0 Å². The van der Waals surface area contributed by atoms with E-state index < -0.39 is 11.9 Å². The smallest absolute Gasteiger partial charge is 0.352 e. The molecule has 0 aromatic heterocycles. The molecule has 6 nitrogen and oxygen atoms in total. The molecule has 1 amide bonds. The second-order valence-corrected chi connectivity index (χ2v) is 6.35. The molecule has 2 rings (SSSR count). The van der Waals surface area contributed by atoms with Crippen LogP contribution in [0.2, 0.25) is 0 Å². The van der Waals surface area contributed by atoms with Crippen molar-refractivity contribution in [3.63, 3.8) is 0 Å². The molecule has 0 radical (unpaired) electrons. The Morgan fingerprint density at radius 2 is 2.04 bits per heavy atom. The number of halogens is 2. The van der Waals surface area contributed by atoms with Crippen LogP contribution >= 0.6 is 15.9 Å². The molecule has 2 N–H and O–H groups in total. The van der Waals surface area contributed by atoms with Gasteiger partial charge in [0.25, 0.3) is 0 Å². The third-order valence-electron chi connectivity index (χ3n) is 3.38. The fourth-order valence-corrected chi connectivity index (χ4v) is 2.83. The first-order valence-electron chi connectivity index (χ1n) is 7.77. The number of nitrogens with one attached hydrogen (secondary N) is 1. The van der Waals surface area contributed by atoms with E-state index in [1.54, 1.807) is 24.3 Å². The van der Waals surface area contributed by atoms with Gasteiger partial charge < -0.3 is 19.9 Å². The Balaban J connectivity index is 2.30. The lowest BCUT2D eigenvalue weighted by molar-refractivity contribution is -0.134. The molecule has 8 heteroatoms. The second kappa shape index (κ2) is 9.18. The number of carboxylic acid groups (broad SMARTS) is 1. The van der Waals surface area contributed by atoms with Gasteiger partial charge in [0.15, 0.2) is 11.5 Å². The van der Waals surface area contributed by atoms with Gasteiger partial charge in [0.1, 0.15) is 18.1 Å². The van der Waals surface area contributed by atoms with Crippen LogP contribution in [-0.2, 0) is 16.2 Å². The van der Waals surface area contributed by atoms with E-state index in [-0.39, 0.29) is 18.1 Å². The molecule has 0 aliphatic heterocycles. The lowest BCUT2D eigenvalue weighted by Gasteiger charge is -2.14. The maximum atomic E-state index is 13.3. The average Bonchev–Trinajstić information content (AvgIpc) is 2.59. The number of aliphatic carboxylic acids is 1. The number of carbonyl (C=O) groups is 2. The predicted octanol–water partition coefficient (Wildman–Crippen LogP) is 3.74. The SMILES string of the molecule is COc1cc(/C=C(/NC(C)=O)C(=O)O)cc(Br)c1OCc1cccc(F)c1. The Bertz CT molecular complexity index is 898. The standard InChI is InChI=1S/C19H17BrFNO5/c1-11(23)22-16(19(24)25)8-13-7-15(20)18(17(9-13)26-2)27-10-12-4-3-5-14(21)6-12/h3-9H,10H2,1-2H3,(H,22,23)(H,24,25)/b16-8+. The fraction of sp³-hybridized carbons (Fsp3) is 0.158. The summed E-state index contributed by atoms with van der Waals surface area (Å²) in [7, 11) is 1.44. The fourth-order valence-electron chi connectivity index (χ4n) is 2.25. The molecule has 0 heterocycles. The van der Waals surface area contributed by atoms with Crippen LogP contribution in [0.3, 0.4) is 0 Å². The van der Waals surface area contributed by atoms with Crippen molar-refractivity contribution in [2.24, 2.45) is 0 Å². The zero-order chi connectivity index (χ0) is 20.0. The number of hydrogen-bond donors (Lipinski definition) is 2. The van der Waals surface area contributed by atoms with Crippen LogP contribution in [-0.4, -0.2) is 24.1 Å². The van der Waals surface area contributed by atoms with E-state index in [0.717, 1.165) is 0 Å². The summed E-state index contributed by atoms with van der Waals surface area (Å²) < 4.78 is 24.8. The van der Waals surface area contributed by atoms with Crippen molar-refractivity contribution in [3.8, 4) is 11.5 Å². The van der Waals surface area contributed by atoms with E-state index >= 15 is 0 Å². The van der Waals surface area contributed by atoms with Crippen LogP contribution < -0.4 is 14.8 Å². The number of ether oxygens (including phenoxy) is 2. The zero-order valence-corrected chi connectivity index (χ0v) is 16.2. The molecule has 0 fully saturated rings. The van der Waals surface area contributed by atoms with Gasteiger partial charge in [-0.2, -0.15) is 0 Å². The highest BCUT2D eigenvalue weighted by Gasteiger charge is 2.14. The molecule has 0 spiro atoms. The number of rotatable bonds is 7. The van der Waals surface area contributed by atoms with Crippen LogP contribution in [0.4, 0.5) is 4.39 Å². The van der Waals surface area contributed by atoms with Crippen molar-refractivity contribution in [2.75, 3.05) is 7.11 Å². The maximum absolute atomic E-state index is 13.3. The summed E-state index contributed by atoms with van der Waals surface area (Å²) in [6, 6.07) is 9.21. The van der Waals surface area contributed by atoms with Crippen LogP contribution in [0.25, 0.3) is 6.08 Å². The van der Waals surface area contributed by atoms with Gasteiger partial charge in [-0.05, 0) is 57.4 Å². The first-order chi connectivity index (χ1) is 12.8. The Hall–Kier alpha value is -2.87. The van der Waals surface area contributed by atoms with Gasteiger partial charge >= 0.3 is 5.97 Å². The number of carbonyl (C=O) groups excluding carboxylic acids is 1. The predicted molar refractivity (Wildman–Crippen MR) is 101 cm³/mol. The minimum atomic E-state index is -1.27. The van der Waals surface area contributed by atoms with Gasteiger partial charge in [-0.15, -0.1) is 0 Å². The largest absolute Gasteiger partial charge is 0.493 e. The van der Waals surface area contributed by atoms with Crippen molar-refractivity contribution < 1.29 is 28.6 Å². The Labute approximate surface area is 163 Å². The summed E-state index contributed by atoms with van der Waals surface area (Å²) in [5, 5.41) is 11.4. The topological polar surface area (TPSA) is 84.9 Å². The summed E-state index contributed by atoms with van der Waals surface area (Å²) in [6.07, 6.45) is 1.30. The normalized spacial score (nSPS) is 11.0.